The first-order chi connectivity index (χ1) is 13.6. The number of halogens is 1. The van der Waals surface area contributed by atoms with Crippen molar-refractivity contribution in [3.63, 3.8) is 0 Å². The summed E-state index contributed by atoms with van der Waals surface area (Å²) >= 11 is 7.62. The Bertz CT molecular complexity index is 957. The Morgan fingerprint density at radius 2 is 1.82 bits per heavy atom. The van der Waals surface area contributed by atoms with Gasteiger partial charge in [0.15, 0.2) is 0 Å². The van der Waals surface area contributed by atoms with Crippen LogP contribution in [0.3, 0.4) is 0 Å². The molecule has 0 atom stereocenters. The monoisotopic (exact) mass is 411 g/mol. The quantitative estimate of drug-likeness (QED) is 0.445. The van der Waals surface area contributed by atoms with Crippen LogP contribution < -0.4 is 10.1 Å². The number of rotatable bonds is 7. The minimum absolute atomic E-state index is 0.134. The van der Waals surface area contributed by atoms with Gasteiger partial charge in [-0.25, -0.2) is 0 Å². The molecule has 28 heavy (non-hydrogen) atoms. The third-order valence-electron chi connectivity index (χ3n) is 4.18. The van der Waals surface area contributed by atoms with Gasteiger partial charge in [0.05, 0.1) is 12.3 Å². The van der Waals surface area contributed by atoms with Gasteiger partial charge in [-0.15, -0.1) is 11.8 Å². The van der Waals surface area contributed by atoms with Crippen LogP contribution in [0.2, 0.25) is 5.02 Å². The first-order valence-corrected chi connectivity index (χ1v) is 10.4. The van der Waals surface area contributed by atoms with E-state index in [4.69, 9.17) is 16.3 Å². The lowest BCUT2D eigenvalue weighted by Gasteiger charge is -2.12. The van der Waals surface area contributed by atoms with E-state index in [0.29, 0.717) is 12.2 Å². The molecule has 0 aromatic heterocycles. The molecule has 3 rings (SSSR count). The maximum absolute atomic E-state index is 12.7. The lowest BCUT2D eigenvalue weighted by Crippen LogP contribution is -2.13. The molecule has 0 aliphatic heterocycles. The molecule has 3 nitrogen and oxygen atoms in total. The fourth-order valence-electron chi connectivity index (χ4n) is 2.74. The molecule has 0 heterocycles. The van der Waals surface area contributed by atoms with Crippen LogP contribution in [0.4, 0.5) is 5.69 Å². The van der Waals surface area contributed by atoms with Crippen LogP contribution in [0.5, 0.6) is 5.75 Å². The number of thioether (sulfide) groups is 1. The van der Waals surface area contributed by atoms with Gasteiger partial charge >= 0.3 is 0 Å². The summed E-state index contributed by atoms with van der Waals surface area (Å²) in [5.74, 6) is 1.47. The van der Waals surface area contributed by atoms with E-state index < -0.39 is 0 Å². The number of ether oxygens (including phenoxy) is 1. The summed E-state index contributed by atoms with van der Waals surface area (Å²) in [7, 11) is 0. The van der Waals surface area contributed by atoms with Crippen molar-refractivity contribution < 1.29 is 9.53 Å². The predicted octanol–water partition coefficient (Wildman–Crippen LogP) is 6.59. The average molecular weight is 412 g/mol. The maximum atomic E-state index is 12.7. The molecule has 144 valence electrons. The second kappa shape index (κ2) is 9.67. The SMILES string of the molecule is CCOc1ccc(C(=O)Nc2ccccc2SCc2ccc(Cl)cc2)cc1C. The Kier molecular flexibility index (Phi) is 7.01. The summed E-state index contributed by atoms with van der Waals surface area (Å²) in [6, 6.07) is 21.1. The van der Waals surface area contributed by atoms with Gasteiger partial charge in [-0.2, -0.15) is 0 Å². The van der Waals surface area contributed by atoms with Crippen molar-refractivity contribution in [3.05, 3.63) is 88.4 Å². The number of nitrogens with one attached hydrogen (secondary N) is 1. The summed E-state index contributed by atoms with van der Waals surface area (Å²) in [5.41, 5.74) is 3.54. The standard InChI is InChI=1S/C23H22ClNO2S/c1-3-27-21-13-10-18(14-16(21)2)23(26)25-20-6-4-5-7-22(20)28-15-17-8-11-19(24)12-9-17/h4-14H,3,15H2,1-2H3,(H,25,26). The average Bonchev–Trinajstić information content (AvgIpc) is 2.70. The third kappa shape index (κ3) is 5.31. The molecule has 0 unspecified atom stereocenters. The van der Waals surface area contributed by atoms with E-state index in [0.717, 1.165) is 32.7 Å². The number of anilines is 1. The largest absolute Gasteiger partial charge is 0.494 e. The van der Waals surface area contributed by atoms with E-state index in [2.05, 4.69) is 5.32 Å². The summed E-state index contributed by atoms with van der Waals surface area (Å²) < 4.78 is 5.55. The van der Waals surface area contributed by atoms with Gasteiger partial charge in [-0.1, -0.05) is 35.9 Å². The number of para-hydroxylation sites is 1. The first-order valence-electron chi connectivity index (χ1n) is 9.08. The highest BCUT2D eigenvalue weighted by molar-refractivity contribution is 7.98. The van der Waals surface area contributed by atoms with Crippen molar-refractivity contribution in [2.75, 3.05) is 11.9 Å². The lowest BCUT2D eigenvalue weighted by atomic mass is 10.1. The van der Waals surface area contributed by atoms with E-state index >= 15 is 0 Å². The molecule has 5 heteroatoms. The zero-order valence-corrected chi connectivity index (χ0v) is 17.4. The Balaban J connectivity index is 1.71. The molecule has 3 aromatic rings. The van der Waals surface area contributed by atoms with Crippen molar-refractivity contribution >= 4 is 35.0 Å². The highest BCUT2D eigenvalue weighted by atomic mass is 35.5. The van der Waals surface area contributed by atoms with E-state index in [-0.39, 0.29) is 5.91 Å². The van der Waals surface area contributed by atoms with Gasteiger partial charge in [0.25, 0.3) is 5.91 Å². The molecule has 0 radical (unpaired) electrons. The van der Waals surface area contributed by atoms with Crippen molar-refractivity contribution in [1.29, 1.82) is 0 Å². The van der Waals surface area contributed by atoms with Crippen LogP contribution in [0, 0.1) is 6.92 Å². The van der Waals surface area contributed by atoms with Crippen molar-refractivity contribution in [1.82, 2.24) is 0 Å². The number of carbonyl (C=O) groups excluding carboxylic acids is 1. The Labute approximate surface area is 175 Å². The molecule has 3 aromatic carbocycles. The molecule has 0 aliphatic carbocycles. The maximum Gasteiger partial charge on any atom is 0.255 e. The fourth-order valence-corrected chi connectivity index (χ4v) is 3.83. The number of aryl methyl sites for hydroxylation is 1. The molecular formula is C23H22ClNO2S. The number of carbonyl (C=O) groups is 1. The topological polar surface area (TPSA) is 38.3 Å². The van der Waals surface area contributed by atoms with Crippen LogP contribution in [0.1, 0.15) is 28.4 Å². The highest BCUT2D eigenvalue weighted by Gasteiger charge is 2.11. The van der Waals surface area contributed by atoms with Gasteiger partial charge in [-0.3, -0.25) is 4.79 Å². The Morgan fingerprint density at radius 1 is 1.07 bits per heavy atom. The highest BCUT2D eigenvalue weighted by Crippen LogP contribution is 2.30. The summed E-state index contributed by atoms with van der Waals surface area (Å²) in [5, 5.41) is 3.76. The second-order valence-electron chi connectivity index (χ2n) is 6.28. The number of amides is 1. The summed E-state index contributed by atoms with van der Waals surface area (Å²) in [4.78, 5) is 13.7. The van der Waals surface area contributed by atoms with Crippen LogP contribution in [-0.2, 0) is 5.75 Å². The lowest BCUT2D eigenvalue weighted by molar-refractivity contribution is 0.102. The van der Waals surface area contributed by atoms with Crippen molar-refractivity contribution in [2.24, 2.45) is 0 Å². The minimum Gasteiger partial charge on any atom is -0.494 e. The Morgan fingerprint density at radius 3 is 2.54 bits per heavy atom. The predicted molar refractivity (Wildman–Crippen MR) is 118 cm³/mol. The minimum atomic E-state index is -0.134. The molecule has 0 bridgehead atoms. The van der Waals surface area contributed by atoms with Crippen molar-refractivity contribution in [2.45, 2.75) is 24.5 Å². The smallest absolute Gasteiger partial charge is 0.255 e. The number of hydrogen-bond acceptors (Lipinski definition) is 3. The molecule has 0 saturated heterocycles. The number of hydrogen-bond donors (Lipinski definition) is 1. The van der Waals surface area contributed by atoms with Crippen LogP contribution in [0.25, 0.3) is 0 Å². The molecule has 1 amide bonds. The molecule has 0 saturated carbocycles. The number of benzene rings is 3. The van der Waals surface area contributed by atoms with Gasteiger partial charge in [0, 0.05) is 21.2 Å². The molecule has 1 N–H and O–H groups in total. The summed E-state index contributed by atoms with van der Waals surface area (Å²) in [6.45, 7) is 4.49. The van der Waals surface area contributed by atoms with Gasteiger partial charge in [0.2, 0.25) is 0 Å². The van der Waals surface area contributed by atoms with Gasteiger partial charge in [0.1, 0.15) is 5.75 Å². The van der Waals surface area contributed by atoms with Crippen LogP contribution in [-0.4, -0.2) is 12.5 Å². The molecular weight excluding hydrogens is 390 g/mol. The van der Waals surface area contributed by atoms with E-state index in [1.165, 1.54) is 5.56 Å². The van der Waals surface area contributed by atoms with Gasteiger partial charge in [-0.05, 0) is 67.4 Å². The first kappa shape index (κ1) is 20.3. The molecule has 0 aliphatic rings. The van der Waals surface area contributed by atoms with E-state index in [9.17, 15) is 4.79 Å². The fraction of sp³-hybridized carbons (Fsp3) is 0.174. The third-order valence-corrected chi connectivity index (χ3v) is 5.58. The van der Waals surface area contributed by atoms with Crippen LogP contribution in [0.15, 0.2) is 71.6 Å². The summed E-state index contributed by atoms with van der Waals surface area (Å²) in [6.07, 6.45) is 0. The van der Waals surface area contributed by atoms with E-state index in [1.54, 1.807) is 17.8 Å². The zero-order valence-electron chi connectivity index (χ0n) is 15.9. The van der Waals surface area contributed by atoms with Gasteiger partial charge < -0.3 is 10.1 Å². The van der Waals surface area contributed by atoms with E-state index in [1.807, 2.05) is 74.5 Å². The zero-order chi connectivity index (χ0) is 19.9. The molecule has 0 fully saturated rings. The normalized spacial score (nSPS) is 10.5. The van der Waals surface area contributed by atoms with Crippen molar-refractivity contribution in [3.8, 4) is 5.75 Å². The second-order valence-corrected chi connectivity index (χ2v) is 7.73. The Hall–Kier alpha value is -2.43. The molecule has 0 spiro atoms. The van der Waals surface area contributed by atoms with Crippen LogP contribution >= 0.6 is 23.4 Å².